The van der Waals surface area contributed by atoms with Crippen molar-refractivity contribution < 1.29 is 24.5 Å². The molecule has 190 valence electrons. The summed E-state index contributed by atoms with van der Waals surface area (Å²) in [6, 6.07) is 23.5. The maximum Gasteiger partial charge on any atom is 0.335 e. The Hall–Kier alpha value is -3.03. The lowest BCUT2D eigenvalue weighted by Gasteiger charge is -2.23. The van der Waals surface area contributed by atoms with Crippen LogP contribution in [0.4, 0.5) is 0 Å². The van der Waals surface area contributed by atoms with Gasteiger partial charge in [0.1, 0.15) is 0 Å². The van der Waals surface area contributed by atoms with Crippen molar-refractivity contribution in [1.29, 1.82) is 0 Å². The summed E-state index contributed by atoms with van der Waals surface area (Å²) >= 11 is 0. The van der Waals surface area contributed by atoms with Gasteiger partial charge in [-0.1, -0.05) is 66.7 Å². The number of β-amino-alcohol motifs (C(OH)–C–C–N with tert-alkyl or cyclic N) is 1. The fraction of sp³-hybridized carbons (Fsp3) is 0.367. The summed E-state index contributed by atoms with van der Waals surface area (Å²) in [6.07, 6.45) is 0.324. The lowest BCUT2D eigenvalue weighted by atomic mass is 9.94. The number of nitrogens with zero attached hydrogens (tertiary/aromatic N) is 1. The van der Waals surface area contributed by atoms with Gasteiger partial charge in [0, 0.05) is 19.6 Å². The van der Waals surface area contributed by atoms with E-state index in [1.807, 2.05) is 68.4 Å². The molecule has 1 heterocycles. The summed E-state index contributed by atoms with van der Waals surface area (Å²) in [5, 5.41) is 20.0. The van der Waals surface area contributed by atoms with E-state index in [4.69, 9.17) is 9.47 Å². The molecule has 0 bridgehead atoms. The van der Waals surface area contributed by atoms with Crippen LogP contribution in [-0.2, 0) is 16.1 Å². The topological polar surface area (TPSA) is 79.2 Å². The second kappa shape index (κ2) is 12.3. The highest BCUT2D eigenvalue weighted by Crippen LogP contribution is 2.31. The highest BCUT2D eigenvalue weighted by molar-refractivity contribution is 5.90. The second-order valence-electron chi connectivity index (χ2n) is 9.52. The van der Waals surface area contributed by atoms with E-state index in [1.54, 1.807) is 6.07 Å². The van der Waals surface area contributed by atoms with Crippen LogP contribution in [0.2, 0.25) is 0 Å². The van der Waals surface area contributed by atoms with Crippen LogP contribution in [0.3, 0.4) is 0 Å². The lowest BCUT2D eigenvalue weighted by molar-refractivity contribution is -0.0160. The molecule has 1 aliphatic heterocycles. The highest BCUT2D eigenvalue weighted by atomic mass is 16.5. The molecular weight excluding hydrogens is 454 g/mol. The van der Waals surface area contributed by atoms with Crippen molar-refractivity contribution in [3.63, 3.8) is 0 Å². The summed E-state index contributed by atoms with van der Waals surface area (Å²) in [5.74, 6) is -0.926. The van der Waals surface area contributed by atoms with Gasteiger partial charge >= 0.3 is 5.97 Å². The predicted octanol–water partition coefficient (Wildman–Crippen LogP) is 5.09. The Kier molecular flexibility index (Phi) is 8.88. The Bertz CT molecular complexity index is 1150. The zero-order valence-electron chi connectivity index (χ0n) is 21.0. The molecule has 0 amide bonds. The Morgan fingerprint density at radius 2 is 1.83 bits per heavy atom. The first-order valence-corrected chi connectivity index (χ1v) is 12.5. The number of aryl methyl sites for hydroxylation is 1. The van der Waals surface area contributed by atoms with Crippen molar-refractivity contribution >= 4 is 5.97 Å². The standard InChI is InChI=1S/C30H35NO5/c1-21-16-24(12-13-27(21)30(33)34)29-11-7-6-10-28(29)22(2)35-20-25(32)17-31-15-14-26(18-31)36-19-23-8-4-3-5-9-23/h3-13,16,22,25-26,32H,14-15,17-20H2,1-2H3,(H,33,34). The van der Waals surface area contributed by atoms with Crippen molar-refractivity contribution in [3.8, 4) is 11.1 Å². The summed E-state index contributed by atoms with van der Waals surface area (Å²) < 4.78 is 12.1. The van der Waals surface area contributed by atoms with Gasteiger partial charge < -0.3 is 19.7 Å². The minimum atomic E-state index is -0.926. The molecule has 2 N–H and O–H groups in total. The van der Waals surface area contributed by atoms with E-state index in [9.17, 15) is 15.0 Å². The summed E-state index contributed by atoms with van der Waals surface area (Å²) in [7, 11) is 0. The molecule has 0 saturated carbocycles. The number of hydrogen-bond donors (Lipinski definition) is 2. The molecule has 3 aromatic rings. The monoisotopic (exact) mass is 489 g/mol. The number of carbonyl (C=O) groups is 1. The zero-order valence-corrected chi connectivity index (χ0v) is 21.0. The molecule has 1 aliphatic rings. The first-order valence-electron chi connectivity index (χ1n) is 12.5. The minimum Gasteiger partial charge on any atom is -0.478 e. The number of hydrogen-bond acceptors (Lipinski definition) is 5. The SMILES string of the molecule is Cc1cc(-c2ccccc2C(C)OCC(O)CN2CCC(OCc3ccccc3)C2)ccc1C(=O)O. The molecule has 3 unspecified atom stereocenters. The fourth-order valence-electron chi connectivity index (χ4n) is 4.77. The van der Waals surface area contributed by atoms with Gasteiger partial charge in [-0.15, -0.1) is 0 Å². The van der Waals surface area contributed by atoms with Crippen LogP contribution in [0.15, 0.2) is 72.8 Å². The number of carboxylic acid groups (broad SMARTS) is 1. The lowest BCUT2D eigenvalue weighted by Crippen LogP contribution is -2.34. The molecule has 36 heavy (non-hydrogen) atoms. The number of aliphatic hydroxyl groups is 1. The third kappa shape index (κ3) is 6.80. The van der Waals surface area contributed by atoms with Gasteiger partial charge in [-0.2, -0.15) is 0 Å². The average Bonchev–Trinajstić information content (AvgIpc) is 3.33. The van der Waals surface area contributed by atoms with Gasteiger partial charge in [0.2, 0.25) is 0 Å². The maximum atomic E-state index is 11.4. The first kappa shape index (κ1) is 26.0. The number of carboxylic acids is 1. The smallest absolute Gasteiger partial charge is 0.335 e. The van der Waals surface area contributed by atoms with E-state index in [2.05, 4.69) is 17.0 Å². The number of ether oxygens (including phenoxy) is 2. The van der Waals surface area contributed by atoms with E-state index in [-0.39, 0.29) is 18.8 Å². The van der Waals surface area contributed by atoms with Gasteiger partial charge in [0.05, 0.1) is 37.1 Å². The van der Waals surface area contributed by atoms with Gasteiger partial charge in [0.25, 0.3) is 0 Å². The van der Waals surface area contributed by atoms with Crippen molar-refractivity contribution in [2.75, 3.05) is 26.2 Å². The van der Waals surface area contributed by atoms with Crippen molar-refractivity contribution in [2.45, 2.75) is 45.2 Å². The molecular formula is C30H35NO5. The largest absolute Gasteiger partial charge is 0.478 e. The Morgan fingerprint density at radius 3 is 2.58 bits per heavy atom. The van der Waals surface area contributed by atoms with Crippen LogP contribution in [0.25, 0.3) is 11.1 Å². The van der Waals surface area contributed by atoms with Crippen molar-refractivity contribution in [2.24, 2.45) is 0 Å². The number of benzene rings is 3. The minimum absolute atomic E-state index is 0.181. The number of rotatable bonds is 11. The van der Waals surface area contributed by atoms with Crippen LogP contribution in [-0.4, -0.2) is 59.5 Å². The Morgan fingerprint density at radius 1 is 1.08 bits per heavy atom. The molecule has 3 atom stereocenters. The normalized spacial score (nSPS) is 17.7. The Balaban J connectivity index is 1.28. The number of aromatic carboxylic acids is 1. The molecule has 1 fully saturated rings. The molecule has 6 nitrogen and oxygen atoms in total. The van der Waals surface area contributed by atoms with Crippen LogP contribution in [0.1, 0.15) is 46.5 Å². The van der Waals surface area contributed by atoms with Crippen molar-refractivity contribution in [1.82, 2.24) is 4.90 Å². The van der Waals surface area contributed by atoms with Crippen LogP contribution >= 0.6 is 0 Å². The van der Waals surface area contributed by atoms with E-state index in [1.165, 1.54) is 5.56 Å². The Labute approximate surface area is 213 Å². The van der Waals surface area contributed by atoms with Crippen LogP contribution in [0.5, 0.6) is 0 Å². The molecule has 6 heteroatoms. The second-order valence-corrected chi connectivity index (χ2v) is 9.52. The molecule has 0 aliphatic carbocycles. The van der Waals surface area contributed by atoms with E-state index in [0.717, 1.165) is 41.8 Å². The van der Waals surface area contributed by atoms with Crippen LogP contribution in [0, 0.1) is 6.92 Å². The molecule has 3 aromatic carbocycles. The third-order valence-electron chi connectivity index (χ3n) is 6.73. The average molecular weight is 490 g/mol. The third-order valence-corrected chi connectivity index (χ3v) is 6.73. The van der Waals surface area contributed by atoms with Crippen molar-refractivity contribution in [3.05, 3.63) is 95.1 Å². The molecule has 1 saturated heterocycles. The number of likely N-dealkylation sites (tertiary alicyclic amines) is 1. The predicted molar refractivity (Wildman–Crippen MR) is 140 cm³/mol. The fourth-order valence-corrected chi connectivity index (χ4v) is 4.77. The van der Waals surface area contributed by atoms with Gasteiger partial charge in [-0.25, -0.2) is 4.79 Å². The number of aliphatic hydroxyl groups excluding tert-OH is 1. The summed E-state index contributed by atoms with van der Waals surface area (Å²) in [6.45, 7) is 6.90. The zero-order chi connectivity index (χ0) is 25.5. The van der Waals surface area contributed by atoms with Gasteiger partial charge in [0.15, 0.2) is 0 Å². The van der Waals surface area contributed by atoms with E-state index in [0.29, 0.717) is 18.7 Å². The summed E-state index contributed by atoms with van der Waals surface area (Å²) in [5.41, 5.74) is 5.14. The van der Waals surface area contributed by atoms with E-state index < -0.39 is 12.1 Å². The maximum absolute atomic E-state index is 11.4. The molecule has 4 rings (SSSR count). The molecule has 0 radical (unpaired) electrons. The quantitative estimate of drug-likeness (QED) is 0.391. The molecule has 0 aromatic heterocycles. The summed E-state index contributed by atoms with van der Waals surface area (Å²) in [4.78, 5) is 13.6. The van der Waals surface area contributed by atoms with Crippen LogP contribution < -0.4 is 0 Å². The van der Waals surface area contributed by atoms with Gasteiger partial charge in [-0.3, -0.25) is 4.90 Å². The first-order chi connectivity index (χ1) is 17.4. The van der Waals surface area contributed by atoms with Gasteiger partial charge in [-0.05, 0) is 54.2 Å². The molecule has 0 spiro atoms. The highest BCUT2D eigenvalue weighted by Gasteiger charge is 2.25. The van der Waals surface area contributed by atoms with E-state index >= 15 is 0 Å².